The number of thiophene rings is 1. The lowest BCUT2D eigenvalue weighted by molar-refractivity contribution is 0.0955. The lowest BCUT2D eigenvalue weighted by Crippen LogP contribution is -2.22. The molecule has 0 bridgehead atoms. The second-order valence-corrected chi connectivity index (χ2v) is 5.61. The summed E-state index contributed by atoms with van der Waals surface area (Å²) in [6.07, 6.45) is 5.49. The Morgan fingerprint density at radius 2 is 2.05 bits per heavy atom. The third-order valence-electron chi connectivity index (χ3n) is 3.21. The average molecular weight is 297 g/mol. The number of imidazole rings is 1. The zero-order valence-corrected chi connectivity index (χ0v) is 12.2. The van der Waals surface area contributed by atoms with Gasteiger partial charge in [-0.15, -0.1) is 11.3 Å². The smallest absolute Gasteiger partial charge is 0.261 e. The zero-order valence-electron chi connectivity index (χ0n) is 11.4. The van der Waals surface area contributed by atoms with Crippen molar-refractivity contribution in [3.63, 3.8) is 0 Å². The van der Waals surface area contributed by atoms with E-state index in [1.54, 1.807) is 12.5 Å². The van der Waals surface area contributed by atoms with Crippen molar-refractivity contribution in [2.45, 2.75) is 13.1 Å². The normalized spacial score (nSPS) is 10.5. The Kier molecular flexibility index (Phi) is 4.12. The molecule has 3 rings (SSSR count). The minimum absolute atomic E-state index is 0.0255. The minimum atomic E-state index is -0.0255. The lowest BCUT2D eigenvalue weighted by atomic mass is 10.1. The van der Waals surface area contributed by atoms with E-state index in [2.05, 4.69) is 16.4 Å². The van der Waals surface area contributed by atoms with E-state index >= 15 is 0 Å². The van der Waals surface area contributed by atoms with Crippen molar-refractivity contribution in [3.05, 3.63) is 76.5 Å². The molecule has 4 nitrogen and oxygen atoms in total. The van der Waals surface area contributed by atoms with E-state index in [0.29, 0.717) is 6.54 Å². The van der Waals surface area contributed by atoms with Crippen LogP contribution in [-0.2, 0) is 13.1 Å². The number of aromatic nitrogens is 2. The highest BCUT2D eigenvalue weighted by atomic mass is 32.1. The van der Waals surface area contributed by atoms with Crippen LogP contribution >= 0.6 is 11.3 Å². The molecule has 0 spiro atoms. The van der Waals surface area contributed by atoms with Gasteiger partial charge < -0.3 is 9.88 Å². The first-order valence-corrected chi connectivity index (χ1v) is 7.55. The highest BCUT2D eigenvalue weighted by Crippen LogP contribution is 2.12. The summed E-state index contributed by atoms with van der Waals surface area (Å²) >= 11 is 1.45. The maximum atomic E-state index is 12.0. The summed E-state index contributed by atoms with van der Waals surface area (Å²) in [5, 5.41) is 4.87. The van der Waals surface area contributed by atoms with Gasteiger partial charge in [0.15, 0.2) is 0 Å². The van der Waals surface area contributed by atoms with Crippen LogP contribution in [0.25, 0.3) is 0 Å². The van der Waals surface area contributed by atoms with E-state index in [1.165, 1.54) is 16.9 Å². The summed E-state index contributed by atoms with van der Waals surface area (Å²) in [7, 11) is 0. The van der Waals surface area contributed by atoms with E-state index in [4.69, 9.17) is 0 Å². The maximum absolute atomic E-state index is 12.0. The fourth-order valence-corrected chi connectivity index (χ4v) is 2.77. The van der Waals surface area contributed by atoms with E-state index in [1.807, 2.05) is 46.5 Å². The molecular weight excluding hydrogens is 282 g/mol. The lowest BCUT2D eigenvalue weighted by Gasteiger charge is -2.11. The maximum Gasteiger partial charge on any atom is 0.261 e. The number of carbonyl (C=O) groups excluding carboxylic acids is 1. The van der Waals surface area contributed by atoms with Crippen molar-refractivity contribution >= 4 is 17.2 Å². The van der Waals surface area contributed by atoms with Crippen LogP contribution in [0.3, 0.4) is 0 Å². The van der Waals surface area contributed by atoms with Gasteiger partial charge in [0, 0.05) is 25.5 Å². The summed E-state index contributed by atoms with van der Waals surface area (Å²) in [5.41, 5.74) is 2.30. The SMILES string of the molecule is O=C(NCc1ccccc1Cn1ccnc1)c1cccs1. The van der Waals surface area contributed by atoms with E-state index in [0.717, 1.165) is 17.0 Å². The Morgan fingerprint density at radius 3 is 2.76 bits per heavy atom. The highest BCUT2D eigenvalue weighted by Gasteiger charge is 2.08. The molecule has 106 valence electrons. The van der Waals surface area contributed by atoms with Crippen LogP contribution in [0.2, 0.25) is 0 Å². The standard InChI is InChI=1S/C16H15N3OS/c20-16(15-6-3-9-21-15)18-10-13-4-1-2-5-14(13)11-19-8-7-17-12-19/h1-9,12H,10-11H2,(H,18,20). The Bertz CT molecular complexity index is 705. The largest absolute Gasteiger partial charge is 0.347 e. The molecule has 0 radical (unpaired) electrons. The first-order valence-electron chi connectivity index (χ1n) is 6.67. The highest BCUT2D eigenvalue weighted by molar-refractivity contribution is 7.12. The van der Waals surface area contributed by atoms with Crippen molar-refractivity contribution in [3.8, 4) is 0 Å². The van der Waals surface area contributed by atoms with Gasteiger partial charge in [-0.3, -0.25) is 4.79 Å². The molecule has 0 atom stereocenters. The third-order valence-corrected chi connectivity index (χ3v) is 4.08. The zero-order chi connectivity index (χ0) is 14.5. The number of nitrogens with zero attached hydrogens (tertiary/aromatic N) is 2. The molecule has 2 aromatic heterocycles. The average Bonchev–Trinajstić information content (AvgIpc) is 3.19. The van der Waals surface area contributed by atoms with E-state index in [9.17, 15) is 4.79 Å². The summed E-state index contributed by atoms with van der Waals surface area (Å²) in [4.78, 5) is 16.8. The van der Waals surface area contributed by atoms with Gasteiger partial charge in [-0.2, -0.15) is 0 Å². The summed E-state index contributed by atoms with van der Waals surface area (Å²) in [6, 6.07) is 11.8. The van der Waals surface area contributed by atoms with Crippen molar-refractivity contribution in [1.82, 2.24) is 14.9 Å². The van der Waals surface area contributed by atoms with Crippen molar-refractivity contribution < 1.29 is 4.79 Å². The number of hydrogen-bond acceptors (Lipinski definition) is 3. The molecule has 1 amide bonds. The summed E-state index contributed by atoms with van der Waals surface area (Å²) < 4.78 is 2.01. The number of rotatable bonds is 5. The van der Waals surface area contributed by atoms with Gasteiger partial charge in [0.1, 0.15) is 0 Å². The molecule has 3 aromatic rings. The predicted molar refractivity (Wildman–Crippen MR) is 83.3 cm³/mol. The Hall–Kier alpha value is -2.40. The number of carbonyl (C=O) groups is 1. The fraction of sp³-hybridized carbons (Fsp3) is 0.125. The summed E-state index contributed by atoms with van der Waals surface area (Å²) in [6.45, 7) is 1.28. The van der Waals surface area contributed by atoms with Gasteiger partial charge >= 0.3 is 0 Å². The molecular formula is C16H15N3OS. The second-order valence-electron chi connectivity index (χ2n) is 4.66. The number of amides is 1. The van der Waals surface area contributed by atoms with Gasteiger partial charge in [0.2, 0.25) is 0 Å². The Labute approximate surface area is 127 Å². The van der Waals surface area contributed by atoms with Crippen LogP contribution in [-0.4, -0.2) is 15.5 Å². The van der Waals surface area contributed by atoms with Gasteiger partial charge in [0.05, 0.1) is 11.2 Å². The molecule has 5 heteroatoms. The topological polar surface area (TPSA) is 46.9 Å². The van der Waals surface area contributed by atoms with Gasteiger partial charge in [-0.1, -0.05) is 30.3 Å². The molecule has 2 heterocycles. The number of benzene rings is 1. The van der Waals surface area contributed by atoms with E-state index < -0.39 is 0 Å². The first kappa shape index (κ1) is 13.6. The van der Waals surface area contributed by atoms with Gasteiger partial charge in [0.25, 0.3) is 5.91 Å². The molecule has 0 aliphatic carbocycles. The van der Waals surface area contributed by atoms with Crippen LogP contribution in [0.4, 0.5) is 0 Å². The van der Waals surface area contributed by atoms with Crippen molar-refractivity contribution in [2.24, 2.45) is 0 Å². The minimum Gasteiger partial charge on any atom is -0.347 e. The second kappa shape index (κ2) is 6.37. The van der Waals surface area contributed by atoms with Crippen LogP contribution in [0.1, 0.15) is 20.8 Å². The third kappa shape index (κ3) is 3.38. The fourth-order valence-electron chi connectivity index (χ4n) is 2.13. The molecule has 1 aromatic carbocycles. The van der Waals surface area contributed by atoms with Crippen LogP contribution < -0.4 is 5.32 Å². The molecule has 0 saturated heterocycles. The molecule has 21 heavy (non-hydrogen) atoms. The molecule has 0 unspecified atom stereocenters. The Balaban J connectivity index is 1.69. The first-order chi connectivity index (χ1) is 10.3. The molecule has 0 fully saturated rings. The van der Waals surface area contributed by atoms with Crippen LogP contribution in [0.5, 0.6) is 0 Å². The number of nitrogens with one attached hydrogen (secondary N) is 1. The monoisotopic (exact) mass is 297 g/mol. The Morgan fingerprint density at radius 1 is 1.19 bits per heavy atom. The van der Waals surface area contributed by atoms with Crippen molar-refractivity contribution in [1.29, 1.82) is 0 Å². The predicted octanol–water partition coefficient (Wildman–Crippen LogP) is 2.92. The van der Waals surface area contributed by atoms with Gasteiger partial charge in [-0.25, -0.2) is 4.98 Å². The number of hydrogen-bond donors (Lipinski definition) is 1. The van der Waals surface area contributed by atoms with Gasteiger partial charge in [-0.05, 0) is 22.6 Å². The molecule has 0 saturated carbocycles. The molecule has 0 aliphatic rings. The van der Waals surface area contributed by atoms with Crippen molar-refractivity contribution in [2.75, 3.05) is 0 Å². The quantitative estimate of drug-likeness (QED) is 0.787. The van der Waals surface area contributed by atoms with E-state index in [-0.39, 0.29) is 5.91 Å². The molecule has 1 N–H and O–H groups in total. The molecule has 0 aliphatic heterocycles. The summed E-state index contributed by atoms with van der Waals surface area (Å²) in [5.74, 6) is -0.0255. The van der Waals surface area contributed by atoms with Crippen LogP contribution in [0, 0.1) is 0 Å². The van der Waals surface area contributed by atoms with Crippen LogP contribution in [0.15, 0.2) is 60.5 Å².